The third-order valence-electron chi connectivity index (χ3n) is 1.55. The lowest BCUT2D eigenvalue weighted by Crippen LogP contribution is -1.99. The molecule has 0 aliphatic heterocycles. The van der Waals surface area contributed by atoms with Gasteiger partial charge in [0.05, 0.1) is 5.52 Å². The average Bonchev–Trinajstić information content (AvgIpc) is 2.34. The number of fused-ring (bicyclic) bond motifs is 1. The van der Waals surface area contributed by atoms with E-state index in [4.69, 9.17) is 0 Å². The molecule has 56 valence electrons. The molecule has 1 aromatic carbocycles. The molecule has 0 unspecified atom stereocenters. The summed E-state index contributed by atoms with van der Waals surface area (Å²) in [4.78, 5) is 10.9. The number of hydrogen-bond donors (Lipinski definition) is 2. The van der Waals surface area contributed by atoms with Gasteiger partial charge in [0.15, 0.2) is 0 Å². The lowest BCUT2D eigenvalue weighted by Gasteiger charge is -1.86. The summed E-state index contributed by atoms with van der Waals surface area (Å²) in [5, 5.41) is 4.94. The van der Waals surface area contributed by atoms with Crippen LogP contribution in [0.1, 0.15) is 0 Å². The first-order valence-electron chi connectivity index (χ1n) is 3.14. The molecule has 1 aromatic heterocycles. The SMILES string of the molecule is O=c1[nH][nH]c2cccc(F)c12. The van der Waals surface area contributed by atoms with E-state index in [1.165, 1.54) is 6.07 Å². The van der Waals surface area contributed by atoms with Gasteiger partial charge >= 0.3 is 0 Å². The molecule has 4 heteroatoms. The van der Waals surface area contributed by atoms with Gasteiger partial charge in [0.25, 0.3) is 5.56 Å². The van der Waals surface area contributed by atoms with Crippen molar-refractivity contribution < 1.29 is 4.39 Å². The van der Waals surface area contributed by atoms with Crippen molar-refractivity contribution in [2.45, 2.75) is 0 Å². The zero-order valence-electron chi connectivity index (χ0n) is 5.52. The highest BCUT2D eigenvalue weighted by Gasteiger charge is 2.04. The molecule has 3 nitrogen and oxygen atoms in total. The minimum absolute atomic E-state index is 0.0903. The number of halogens is 1. The summed E-state index contributed by atoms with van der Waals surface area (Å²) in [6.07, 6.45) is 0. The first kappa shape index (κ1) is 6.15. The fraction of sp³-hybridized carbons (Fsp3) is 0. The third kappa shape index (κ3) is 0.756. The second kappa shape index (κ2) is 1.95. The summed E-state index contributed by atoms with van der Waals surface area (Å²) >= 11 is 0. The molecular weight excluding hydrogens is 147 g/mol. The van der Waals surface area contributed by atoms with E-state index in [0.29, 0.717) is 5.52 Å². The second-order valence-corrected chi connectivity index (χ2v) is 2.24. The van der Waals surface area contributed by atoms with Crippen molar-refractivity contribution in [3.05, 3.63) is 34.4 Å². The average molecular weight is 152 g/mol. The van der Waals surface area contributed by atoms with Crippen LogP contribution in [-0.2, 0) is 0 Å². The molecule has 2 N–H and O–H groups in total. The van der Waals surface area contributed by atoms with Crippen molar-refractivity contribution in [2.24, 2.45) is 0 Å². The van der Waals surface area contributed by atoms with Crippen molar-refractivity contribution in [2.75, 3.05) is 0 Å². The van der Waals surface area contributed by atoms with Crippen molar-refractivity contribution in [3.63, 3.8) is 0 Å². The van der Waals surface area contributed by atoms with Gasteiger partial charge < -0.3 is 0 Å². The monoisotopic (exact) mass is 152 g/mol. The molecule has 0 radical (unpaired) electrons. The molecule has 2 rings (SSSR count). The van der Waals surface area contributed by atoms with Gasteiger partial charge in [-0.3, -0.25) is 15.0 Å². The van der Waals surface area contributed by atoms with Crippen LogP contribution < -0.4 is 5.56 Å². The quantitative estimate of drug-likeness (QED) is 0.581. The number of aromatic nitrogens is 2. The zero-order chi connectivity index (χ0) is 7.84. The number of nitrogens with one attached hydrogen (secondary N) is 2. The molecule has 0 fully saturated rings. The highest BCUT2D eigenvalue weighted by Crippen LogP contribution is 2.09. The van der Waals surface area contributed by atoms with Crippen LogP contribution in [0.2, 0.25) is 0 Å². The molecule has 2 aromatic rings. The molecule has 0 aliphatic carbocycles. The van der Waals surface area contributed by atoms with Crippen LogP contribution in [0.25, 0.3) is 10.9 Å². The van der Waals surface area contributed by atoms with Crippen LogP contribution in [0.15, 0.2) is 23.0 Å². The molecule has 0 aliphatic rings. The fourth-order valence-electron chi connectivity index (χ4n) is 1.05. The highest BCUT2D eigenvalue weighted by atomic mass is 19.1. The number of H-pyrrole nitrogens is 2. The van der Waals surface area contributed by atoms with E-state index in [1.807, 2.05) is 0 Å². The van der Waals surface area contributed by atoms with Crippen LogP contribution >= 0.6 is 0 Å². The van der Waals surface area contributed by atoms with Crippen molar-refractivity contribution >= 4 is 10.9 Å². The molecule has 1 heterocycles. The van der Waals surface area contributed by atoms with Crippen molar-refractivity contribution in [3.8, 4) is 0 Å². The number of rotatable bonds is 0. The Balaban J connectivity index is 3.08. The number of benzene rings is 1. The molecular formula is C7H5FN2O. The van der Waals surface area contributed by atoms with Crippen molar-refractivity contribution in [1.29, 1.82) is 0 Å². The van der Waals surface area contributed by atoms with E-state index in [9.17, 15) is 9.18 Å². The number of hydrogen-bond acceptors (Lipinski definition) is 1. The molecule has 0 saturated carbocycles. The Labute approximate surface area is 60.8 Å². The summed E-state index contributed by atoms with van der Waals surface area (Å²) in [5.74, 6) is -0.495. The predicted octanol–water partition coefficient (Wildman–Crippen LogP) is 0.995. The van der Waals surface area contributed by atoms with Crippen LogP contribution in [0.4, 0.5) is 4.39 Å². The lowest BCUT2D eigenvalue weighted by molar-refractivity contribution is 0.639. The molecule has 0 amide bonds. The van der Waals surface area contributed by atoms with Gasteiger partial charge in [-0.25, -0.2) is 4.39 Å². The van der Waals surface area contributed by atoms with E-state index in [1.54, 1.807) is 12.1 Å². The van der Waals surface area contributed by atoms with Gasteiger partial charge in [-0.05, 0) is 12.1 Å². The summed E-state index contributed by atoms with van der Waals surface area (Å²) in [7, 11) is 0. The van der Waals surface area contributed by atoms with Gasteiger partial charge in [-0.1, -0.05) is 6.07 Å². The largest absolute Gasteiger partial charge is 0.297 e. The molecule has 0 atom stereocenters. The van der Waals surface area contributed by atoms with E-state index in [-0.39, 0.29) is 5.39 Å². The maximum Gasteiger partial charge on any atom is 0.274 e. The maximum absolute atomic E-state index is 12.8. The van der Waals surface area contributed by atoms with Crippen LogP contribution in [0.5, 0.6) is 0 Å². The molecule has 0 bridgehead atoms. The second-order valence-electron chi connectivity index (χ2n) is 2.24. The third-order valence-corrected chi connectivity index (χ3v) is 1.55. The number of aromatic amines is 2. The van der Waals surface area contributed by atoms with Gasteiger partial charge in [0, 0.05) is 0 Å². The minimum atomic E-state index is -0.495. The lowest BCUT2D eigenvalue weighted by atomic mass is 10.2. The Morgan fingerprint density at radius 1 is 1.27 bits per heavy atom. The highest BCUT2D eigenvalue weighted by molar-refractivity contribution is 5.77. The van der Waals surface area contributed by atoms with Crippen molar-refractivity contribution in [1.82, 2.24) is 10.2 Å². The molecule has 0 saturated heterocycles. The Hall–Kier alpha value is -1.58. The van der Waals surface area contributed by atoms with Crippen LogP contribution in [0, 0.1) is 5.82 Å². The minimum Gasteiger partial charge on any atom is -0.297 e. The maximum atomic E-state index is 12.8. The Morgan fingerprint density at radius 2 is 2.09 bits per heavy atom. The predicted molar refractivity (Wildman–Crippen MR) is 38.9 cm³/mol. The fourth-order valence-corrected chi connectivity index (χ4v) is 1.05. The Morgan fingerprint density at radius 3 is 2.82 bits per heavy atom. The zero-order valence-corrected chi connectivity index (χ0v) is 5.52. The van der Waals surface area contributed by atoms with Crippen LogP contribution in [0.3, 0.4) is 0 Å². The summed E-state index contributed by atoms with van der Waals surface area (Å²) in [6, 6.07) is 4.43. The normalized spacial score (nSPS) is 10.6. The first-order valence-corrected chi connectivity index (χ1v) is 3.14. The topological polar surface area (TPSA) is 48.6 Å². The summed E-state index contributed by atoms with van der Waals surface area (Å²) < 4.78 is 12.8. The standard InChI is InChI=1S/C7H5FN2O/c8-4-2-1-3-5-6(4)7(11)10-9-5/h1-3H,(H2,9,10,11). The van der Waals surface area contributed by atoms with Gasteiger partial charge in [-0.15, -0.1) is 0 Å². The summed E-state index contributed by atoms with van der Waals surface area (Å²) in [5.41, 5.74) is 0.0769. The first-order chi connectivity index (χ1) is 5.29. The van der Waals surface area contributed by atoms with E-state index in [0.717, 1.165) is 0 Å². The van der Waals surface area contributed by atoms with E-state index in [2.05, 4.69) is 10.2 Å². The van der Waals surface area contributed by atoms with E-state index < -0.39 is 11.4 Å². The van der Waals surface area contributed by atoms with Gasteiger partial charge in [-0.2, -0.15) is 0 Å². The molecule has 11 heavy (non-hydrogen) atoms. The smallest absolute Gasteiger partial charge is 0.274 e. The molecule has 0 spiro atoms. The summed E-state index contributed by atoms with van der Waals surface area (Å²) in [6.45, 7) is 0. The Kier molecular flexibility index (Phi) is 1.09. The van der Waals surface area contributed by atoms with Crippen LogP contribution in [-0.4, -0.2) is 10.2 Å². The van der Waals surface area contributed by atoms with E-state index >= 15 is 0 Å². The van der Waals surface area contributed by atoms with Gasteiger partial charge in [0.2, 0.25) is 0 Å². The Bertz CT molecular complexity index is 443. The van der Waals surface area contributed by atoms with Gasteiger partial charge in [0.1, 0.15) is 11.2 Å².